The first kappa shape index (κ1) is 27.7. The van der Waals surface area contributed by atoms with Gasteiger partial charge in [0.2, 0.25) is 0 Å². The molecule has 4 aliphatic rings. The Hall–Kier alpha value is -1.88. The quantitative estimate of drug-likeness (QED) is 0.427. The van der Waals surface area contributed by atoms with E-state index in [1.54, 1.807) is 0 Å². The van der Waals surface area contributed by atoms with Crippen LogP contribution in [0.5, 0.6) is 0 Å². The molecule has 1 aromatic rings. The second-order valence-corrected chi connectivity index (χ2v) is 14.0. The number of likely N-dealkylation sites (N-methyl/N-ethyl adjacent to an activating group) is 1. The number of amides is 1. The molecule has 0 aliphatic heterocycles. The van der Waals surface area contributed by atoms with Crippen LogP contribution in [0.2, 0.25) is 0 Å². The van der Waals surface area contributed by atoms with Gasteiger partial charge in [-0.05, 0) is 119 Å². The first-order chi connectivity index (χ1) is 18.0. The number of hydrogen-bond acceptors (Lipinski definition) is 4. The van der Waals surface area contributed by atoms with Gasteiger partial charge in [-0.3, -0.25) is 9.59 Å². The molecule has 4 saturated carbocycles. The van der Waals surface area contributed by atoms with Gasteiger partial charge in [0, 0.05) is 31.5 Å². The molecule has 5 heteroatoms. The third-order valence-electron chi connectivity index (χ3n) is 12.3. The van der Waals surface area contributed by atoms with Crippen molar-refractivity contribution in [1.29, 1.82) is 0 Å². The second-order valence-electron chi connectivity index (χ2n) is 14.0. The van der Waals surface area contributed by atoms with E-state index in [0.29, 0.717) is 28.9 Å². The Bertz CT molecular complexity index is 1030. The third kappa shape index (κ3) is 4.41. The fourth-order valence-electron chi connectivity index (χ4n) is 10.2. The third-order valence-corrected chi connectivity index (χ3v) is 12.3. The normalized spacial score (nSPS) is 41.0. The van der Waals surface area contributed by atoms with E-state index in [2.05, 4.69) is 39.8 Å². The van der Waals surface area contributed by atoms with Gasteiger partial charge in [0.05, 0.1) is 6.04 Å². The molecule has 1 amide bonds. The zero-order valence-corrected chi connectivity index (χ0v) is 24.8. The van der Waals surface area contributed by atoms with Gasteiger partial charge in [-0.1, -0.05) is 32.0 Å². The van der Waals surface area contributed by atoms with Gasteiger partial charge in [-0.25, -0.2) is 0 Å². The topological polar surface area (TPSA) is 49.9 Å². The van der Waals surface area contributed by atoms with Crippen molar-refractivity contribution in [3.8, 4) is 0 Å². The largest absolute Gasteiger partial charge is 0.460 e. The van der Waals surface area contributed by atoms with Crippen LogP contribution in [0.4, 0.5) is 0 Å². The minimum Gasteiger partial charge on any atom is -0.460 e. The fourth-order valence-corrected chi connectivity index (χ4v) is 10.2. The van der Waals surface area contributed by atoms with Crippen LogP contribution < -0.4 is 0 Å². The standard InChI is InChI=1S/C33H50N2O3/c1-21(34(5)6)25-15-16-26-24-13-14-28-30(38-22(2)36)29(35(7)31(37)23-11-9-8-10-12-23)18-20-33(28,4)27(24)17-19-32(25,26)3/h8-12,21,24-30H,13-20H2,1-7H3/t21-,24-,25+,26+,27-,28-,29+,30+,32+,33+/m0/s1. The summed E-state index contributed by atoms with van der Waals surface area (Å²) < 4.78 is 6.17. The van der Waals surface area contributed by atoms with Gasteiger partial charge in [0.15, 0.2) is 0 Å². The van der Waals surface area contributed by atoms with Crippen LogP contribution in [0.15, 0.2) is 30.3 Å². The summed E-state index contributed by atoms with van der Waals surface area (Å²) in [5.74, 6) is 3.13. The van der Waals surface area contributed by atoms with E-state index in [-0.39, 0.29) is 29.4 Å². The lowest BCUT2D eigenvalue weighted by Crippen LogP contribution is -2.62. The van der Waals surface area contributed by atoms with Crippen LogP contribution >= 0.6 is 0 Å². The summed E-state index contributed by atoms with van der Waals surface area (Å²) in [4.78, 5) is 30.1. The summed E-state index contributed by atoms with van der Waals surface area (Å²) in [5, 5.41) is 0. The van der Waals surface area contributed by atoms with Crippen LogP contribution in [-0.2, 0) is 9.53 Å². The molecule has 10 atom stereocenters. The summed E-state index contributed by atoms with van der Waals surface area (Å²) >= 11 is 0. The summed E-state index contributed by atoms with van der Waals surface area (Å²) in [6.07, 6.45) is 9.42. The maximum absolute atomic E-state index is 13.4. The average Bonchev–Trinajstić information content (AvgIpc) is 3.24. The van der Waals surface area contributed by atoms with Gasteiger partial charge in [0.1, 0.15) is 6.10 Å². The van der Waals surface area contributed by atoms with Crippen molar-refractivity contribution in [3.63, 3.8) is 0 Å². The van der Waals surface area contributed by atoms with Crippen molar-refractivity contribution in [2.24, 2.45) is 40.4 Å². The molecule has 0 radical (unpaired) electrons. The molecule has 5 nitrogen and oxygen atoms in total. The summed E-state index contributed by atoms with van der Waals surface area (Å²) in [5.41, 5.74) is 1.29. The van der Waals surface area contributed by atoms with Crippen molar-refractivity contribution in [1.82, 2.24) is 9.80 Å². The molecule has 4 fully saturated rings. The number of carbonyl (C=O) groups is 2. The number of nitrogens with zero attached hydrogens (tertiary/aromatic N) is 2. The molecule has 4 aliphatic carbocycles. The lowest BCUT2D eigenvalue weighted by Gasteiger charge is -2.63. The molecule has 0 saturated heterocycles. The molecule has 0 aromatic heterocycles. The average molecular weight is 523 g/mol. The summed E-state index contributed by atoms with van der Waals surface area (Å²) in [6, 6.07) is 10.1. The minimum absolute atomic E-state index is 0.0190. The Morgan fingerprint density at radius 1 is 0.868 bits per heavy atom. The summed E-state index contributed by atoms with van der Waals surface area (Å²) in [7, 11) is 6.39. The Balaban J connectivity index is 1.40. The van der Waals surface area contributed by atoms with Crippen molar-refractivity contribution in [2.75, 3.05) is 21.1 Å². The molecule has 0 N–H and O–H groups in total. The van der Waals surface area contributed by atoms with E-state index in [1.165, 1.54) is 39.0 Å². The molecule has 210 valence electrons. The highest BCUT2D eigenvalue weighted by atomic mass is 16.5. The van der Waals surface area contributed by atoms with Gasteiger partial charge in [-0.2, -0.15) is 0 Å². The van der Waals surface area contributed by atoms with Gasteiger partial charge in [-0.15, -0.1) is 0 Å². The number of rotatable bonds is 5. The van der Waals surface area contributed by atoms with E-state index in [4.69, 9.17) is 4.74 Å². The number of esters is 1. The van der Waals surface area contributed by atoms with Gasteiger partial charge >= 0.3 is 5.97 Å². The molecule has 0 unspecified atom stereocenters. The lowest BCUT2D eigenvalue weighted by atomic mass is 9.44. The first-order valence-electron chi connectivity index (χ1n) is 15.1. The SMILES string of the molecule is CC(=O)O[C@H]1[C@H](N(C)C(=O)c2ccccc2)CC[C@]2(C)[C@H]3CC[C@@]4(C)[C@H](CC[C@@H]4[C@H](C)N(C)C)[C@@H]3CC[C@@H]12. The van der Waals surface area contributed by atoms with Crippen LogP contribution in [0.1, 0.15) is 89.4 Å². The zero-order chi connectivity index (χ0) is 27.4. The van der Waals surface area contributed by atoms with Gasteiger partial charge in [0.25, 0.3) is 5.91 Å². The zero-order valence-electron chi connectivity index (χ0n) is 24.8. The molecule has 5 rings (SSSR count). The monoisotopic (exact) mass is 522 g/mol. The van der Waals surface area contributed by atoms with Crippen molar-refractivity contribution in [2.45, 2.75) is 97.2 Å². The van der Waals surface area contributed by atoms with E-state index in [0.717, 1.165) is 37.0 Å². The number of carbonyl (C=O) groups excluding carboxylic acids is 2. The molecule has 0 heterocycles. The maximum atomic E-state index is 13.4. The fraction of sp³-hybridized carbons (Fsp3) is 0.758. The highest BCUT2D eigenvalue weighted by molar-refractivity contribution is 5.94. The number of ether oxygens (including phenoxy) is 1. The molecular formula is C33H50N2O3. The minimum atomic E-state index is -0.233. The predicted octanol–water partition coefficient (Wildman–Crippen LogP) is 6.28. The molecule has 38 heavy (non-hydrogen) atoms. The Kier molecular flexibility index (Phi) is 7.47. The number of benzene rings is 1. The molecule has 1 aromatic carbocycles. The molecular weight excluding hydrogens is 472 g/mol. The second kappa shape index (κ2) is 10.3. The predicted molar refractivity (Wildman–Crippen MR) is 152 cm³/mol. The number of fused-ring (bicyclic) bond motifs is 5. The van der Waals surface area contributed by atoms with Crippen molar-refractivity contribution >= 4 is 11.9 Å². The first-order valence-corrected chi connectivity index (χ1v) is 15.1. The van der Waals surface area contributed by atoms with Crippen molar-refractivity contribution in [3.05, 3.63) is 35.9 Å². The van der Waals surface area contributed by atoms with Crippen LogP contribution in [-0.4, -0.2) is 61.0 Å². The van der Waals surface area contributed by atoms with E-state index in [1.807, 2.05) is 42.3 Å². The highest BCUT2D eigenvalue weighted by Crippen LogP contribution is 2.68. The number of hydrogen-bond donors (Lipinski definition) is 0. The van der Waals surface area contributed by atoms with E-state index < -0.39 is 0 Å². The van der Waals surface area contributed by atoms with Crippen molar-refractivity contribution < 1.29 is 14.3 Å². The Morgan fingerprint density at radius 2 is 1.50 bits per heavy atom. The van der Waals surface area contributed by atoms with Crippen LogP contribution in [0, 0.1) is 40.4 Å². The Labute approximate surface area is 230 Å². The van der Waals surface area contributed by atoms with E-state index >= 15 is 0 Å². The van der Waals surface area contributed by atoms with Crippen LogP contribution in [0.3, 0.4) is 0 Å². The Morgan fingerprint density at radius 3 is 2.16 bits per heavy atom. The smallest absolute Gasteiger partial charge is 0.302 e. The van der Waals surface area contributed by atoms with Crippen LogP contribution in [0.25, 0.3) is 0 Å². The molecule has 0 spiro atoms. The lowest BCUT2D eigenvalue weighted by molar-refractivity contribution is -0.185. The van der Waals surface area contributed by atoms with Gasteiger partial charge < -0.3 is 14.5 Å². The van der Waals surface area contributed by atoms with E-state index in [9.17, 15) is 9.59 Å². The summed E-state index contributed by atoms with van der Waals surface area (Å²) in [6.45, 7) is 9.09. The maximum Gasteiger partial charge on any atom is 0.302 e. The highest BCUT2D eigenvalue weighted by Gasteiger charge is 2.63. The molecule has 0 bridgehead atoms.